The Kier molecular flexibility index (Phi) is 3.99. The Bertz CT molecular complexity index is 505. The molecule has 1 heterocycles. The summed E-state index contributed by atoms with van der Waals surface area (Å²) in [4.78, 5) is 24.8. The fourth-order valence-electron chi connectivity index (χ4n) is 2.03. The lowest BCUT2D eigenvalue weighted by atomic mass is 10.1. The Morgan fingerprint density at radius 3 is 2.95 bits per heavy atom. The van der Waals surface area contributed by atoms with Crippen molar-refractivity contribution in [2.45, 2.75) is 19.3 Å². The number of nitrogen functional groups attached to an aromatic ring is 1. The number of piperidine rings is 1. The van der Waals surface area contributed by atoms with Gasteiger partial charge in [-0.2, -0.15) is 0 Å². The molecule has 0 radical (unpaired) electrons. The van der Waals surface area contributed by atoms with E-state index in [-0.39, 0.29) is 18.1 Å². The Morgan fingerprint density at radius 2 is 2.21 bits per heavy atom. The number of nitrogens with two attached hydrogens (primary N) is 1. The maximum atomic E-state index is 13.4. The summed E-state index contributed by atoms with van der Waals surface area (Å²) in [6.07, 6.45) is 2.23. The molecule has 0 aliphatic carbocycles. The average Bonchev–Trinajstić information content (AvgIpc) is 2.37. The third-order valence-electron chi connectivity index (χ3n) is 3.02. The van der Waals surface area contributed by atoms with E-state index in [0.29, 0.717) is 18.7 Å². The largest absolute Gasteiger partial charge is 0.399 e. The third-order valence-corrected chi connectivity index (χ3v) is 3.02. The molecule has 1 aromatic carbocycles. The molecule has 1 aliphatic rings. The van der Waals surface area contributed by atoms with Crippen LogP contribution in [0.2, 0.25) is 0 Å². The van der Waals surface area contributed by atoms with Crippen molar-refractivity contribution in [3.05, 3.63) is 24.0 Å². The monoisotopic (exact) mass is 265 g/mol. The second-order valence-electron chi connectivity index (χ2n) is 4.56. The molecule has 0 unspecified atom stereocenters. The molecular formula is C13H16FN3O2. The van der Waals surface area contributed by atoms with Gasteiger partial charge in [-0.05, 0) is 31.0 Å². The van der Waals surface area contributed by atoms with Crippen LogP contribution in [0.5, 0.6) is 0 Å². The van der Waals surface area contributed by atoms with E-state index in [1.165, 1.54) is 23.1 Å². The zero-order chi connectivity index (χ0) is 13.8. The van der Waals surface area contributed by atoms with E-state index in [2.05, 4.69) is 5.32 Å². The summed E-state index contributed by atoms with van der Waals surface area (Å²) in [5.74, 6) is -0.998. The van der Waals surface area contributed by atoms with Gasteiger partial charge in [-0.1, -0.05) is 0 Å². The number of hydrogen-bond donors (Lipinski definition) is 2. The van der Waals surface area contributed by atoms with Gasteiger partial charge in [-0.25, -0.2) is 4.39 Å². The maximum Gasteiger partial charge on any atom is 0.244 e. The minimum Gasteiger partial charge on any atom is -0.399 e. The maximum absolute atomic E-state index is 13.4. The number of carbonyl (C=O) groups excluding carboxylic acids is 2. The SMILES string of the molecule is Nc1ccc(F)c(NC(=O)CN2CCCCC2=O)c1. The minimum absolute atomic E-state index is 0.0329. The number of anilines is 2. The van der Waals surface area contributed by atoms with Gasteiger partial charge in [-0.3, -0.25) is 9.59 Å². The molecule has 2 rings (SSSR count). The molecule has 2 amide bonds. The van der Waals surface area contributed by atoms with Crippen LogP contribution in [0.3, 0.4) is 0 Å². The van der Waals surface area contributed by atoms with Gasteiger partial charge >= 0.3 is 0 Å². The van der Waals surface area contributed by atoms with Crippen LogP contribution >= 0.6 is 0 Å². The number of nitrogens with zero attached hydrogens (tertiary/aromatic N) is 1. The molecule has 1 aliphatic heterocycles. The molecular weight excluding hydrogens is 249 g/mol. The summed E-state index contributed by atoms with van der Waals surface area (Å²) < 4.78 is 13.4. The first-order valence-electron chi connectivity index (χ1n) is 6.19. The lowest BCUT2D eigenvalue weighted by molar-refractivity contribution is -0.136. The Morgan fingerprint density at radius 1 is 1.42 bits per heavy atom. The van der Waals surface area contributed by atoms with Crippen molar-refractivity contribution in [2.75, 3.05) is 24.1 Å². The van der Waals surface area contributed by atoms with Crippen molar-refractivity contribution < 1.29 is 14.0 Å². The van der Waals surface area contributed by atoms with E-state index in [9.17, 15) is 14.0 Å². The van der Waals surface area contributed by atoms with Gasteiger partial charge in [0.1, 0.15) is 5.82 Å². The van der Waals surface area contributed by atoms with Crippen molar-refractivity contribution in [3.63, 3.8) is 0 Å². The van der Waals surface area contributed by atoms with E-state index >= 15 is 0 Å². The van der Waals surface area contributed by atoms with Crippen molar-refractivity contribution in [1.29, 1.82) is 0 Å². The molecule has 3 N–H and O–H groups in total. The summed E-state index contributed by atoms with van der Waals surface area (Å²) in [6, 6.07) is 3.96. The van der Waals surface area contributed by atoms with Crippen LogP contribution in [0.4, 0.5) is 15.8 Å². The highest BCUT2D eigenvalue weighted by Gasteiger charge is 2.20. The van der Waals surface area contributed by atoms with Crippen LogP contribution in [-0.2, 0) is 9.59 Å². The summed E-state index contributed by atoms with van der Waals surface area (Å²) >= 11 is 0. The number of rotatable bonds is 3. The number of nitrogens with one attached hydrogen (secondary N) is 1. The molecule has 0 atom stereocenters. The molecule has 1 saturated heterocycles. The lowest BCUT2D eigenvalue weighted by Gasteiger charge is -2.26. The average molecular weight is 265 g/mol. The van der Waals surface area contributed by atoms with Crippen molar-refractivity contribution in [2.24, 2.45) is 0 Å². The lowest BCUT2D eigenvalue weighted by Crippen LogP contribution is -2.40. The standard InChI is InChI=1S/C13H16FN3O2/c14-10-5-4-9(15)7-11(10)16-12(18)8-17-6-2-1-3-13(17)19/h4-5,7H,1-3,6,8,15H2,(H,16,18). The van der Waals surface area contributed by atoms with Crippen LogP contribution in [0.15, 0.2) is 18.2 Å². The van der Waals surface area contributed by atoms with Crippen LogP contribution in [0.1, 0.15) is 19.3 Å². The molecule has 0 aromatic heterocycles. The highest BCUT2D eigenvalue weighted by Crippen LogP contribution is 2.17. The summed E-state index contributed by atoms with van der Waals surface area (Å²) in [5, 5.41) is 2.43. The first-order valence-corrected chi connectivity index (χ1v) is 6.19. The van der Waals surface area contributed by atoms with Crippen molar-refractivity contribution >= 4 is 23.2 Å². The minimum atomic E-state index is -0.549. The zero-order valence-corrected chi connectivity index (χ0v) is 10.5. The normalized spacial score (nSPS) is 15.4. The van der Waals surface area contributed by atoms with Crippen LogP contribution in [0, 0.1) is 5.82 Å². The van der Waals surface area contributed by atoms with Crippen LogP contribution < -0.4 is 11.1 Å². The van der Waals surface area contributed by atoms with Crippen molar-refractivity contribution in [3.8, 4) is 0 Å². The van der Waals surface area contributed by atoms with Gasteiger partial charge in [0.05, 0.1) is 12.2 Å². The number of carbonyl (C=O) groups is 2. The molecule has 5 nitrogen and oxygen atoms in total. The van der Waals surface area contributed by atoms with Crippen molar-refractivity contribution in [1.82, 2.24) is 4.90 Å². The van der Waals surface area contributed by atoms with E-state index in [1.54, 1.807) is 0 Å². The van der Waals surface area contributed by atoms with E-state index in [4.69, 9.17) is 5.73 Å². The third kappa shape index (κ3) is 3.43. The second-order valence-corrected chi connectivity index (χ2v) is 4.56. The molecule has 102 valence electrons. The number of benzene rings is 1. The van der Waals surface area contributed by atoms with Gasteiger partial charge in [0, 0.05) is 18.7 Å². The summed E-state index contributed by atoms with van der Waals surface area (Å²) in [7, 11) is 0. The fourth-order valence-corrected chi connectivity index (χ4v) is 2.03. The van der Waals surface area contributed by atoms with Crippen LogP contribution in [0.25, 0.3) is 0 Å². The molecule has 1 aromatic rings. The van der Waals surface area contributed by atoms with Crippen LogP contribution in [-0.4, -0.2) is 29.8 Å². The Balaban J connectivity index is 1.97. The smallest absolute Gasteiger partial charge is 0.244 e. The molecule has 1 fully saturated rings. The number of halogens is 1. The molecule has 0 saturated carbocycles. The number of likely N-dealkylation sites (tertiary alicyclic amines) is 1. The number of hydrogen-bond acceptors (Lipinski definition) is 3. The fraction of sp³-hybridized carbons (Fsp3) is 0.385. The molecule has 19 heavy (non-hydrogen) atoms. The quantitative estimate of drug-likeness (QED) is 0.810. The molecule has 6 heteroatoms. The van der Waals surface area contributed by atoms with Gasteiger partial charge < -0.3 is 16.0 Å². The van der Waals surface area contributed by atoms with Gasteiger partial charge in [0.25, 0.3) is 0 Å². The second kappa shape index (κ2) is 5.69. The molecule has 0 bridgehead atoms. The predicted molar refractivity (Wildman–Crippen MR) is 69.9 cm³/mol. The predicted octanol–water partition coefficient (Wildman–Crippen LogP) is 1.36. The number of amides is 2. The van der Waals surface area contributed by atoms with Gasteiger partial charge in [0.15, 0.2) is 0 Å². The topological polar surface area (TPSA) is 75.4 Å². The van der Waals surface area contributed by atoms with Gasteiger partial charge in [-0.15, -0.1) is 0 Å². The first-order chi connectivity index (χ1) is 9.06. The highest BCUT2D eigenvalue weighted by molar-refractivity contribution is 5.95. The highest BCUT2D eigenvalue weighted by atomic mass is 19.1. The van der Waals surface area contributed by atoms with Gasteiger partial charge in [0.2, 0.25) is 11.8 Å². The first kappa shape index (κ1) is 13.3. The summed E-state index contributed by atoms with van der Waals surface area (Å²) in [6.45, 7) is 0.527. The van der Waals surface area contributed by atoms with E-state index in [1.807, 2.05) is 0 Å². The summed E-state index contributed by atoms with van der Waals surface area (Å²) in [5.41, 5.74) is 5.93. The van der Waals surface area contributed by atoms with E-state index in [0.717, 1.165) is 12.8 Å². The Hall–Kier alpha value is -2.11. The Labute approximate surface area is 110 Å². The molecule has 0 spiro atoms. The van der Waals surface area contributed by atoms with E-state index < -0.39 is 11.7 Å². The zero-order valence-electron chi connectivity index (χ0n) is 10.5.